The van der Waals surface area contributed by atoms with Gasteiger partial charge in [-0.1, -0.05) is 13.0 Å². The zero-order chi connectivity index (χ0) is 12.7. The largest absolute Gasteiger partial charge is 0.298 e. The Hall–Kier alpha value is -1.40. The van der Waals surface area contributed by atoms with Crippen molar-refractivity contribution in [2.75, 3.05) is 13.1 Å². The molecule has 0 aliphatic heterocycles. The number of hydrogen-bond acceptors (Lipinski definition) is 3. The van der Waals surface area contributed by atoms with Crippen LogP contribution in [0.4, 0.5) is 0 Å². The van der Waals surface area contributed by atoms with E-state index in [-0.39, 0.29) is 5.41 Å². The summed E-state index contributed by atoms with van der Waals surface area (Å²) < 4.78 is 0. The fourth-order valence-electron chi connectivity index (χ4n) is 1.56. The van der Waals surface area contributed by atoms with Gasteiger partial charge in [0, 0.05) is 19.3 Å². The molecule has 0 aliphatic carbocycles. The van der Waals surface area contributed by atoms with Crippen LogP contribution >= 0.6 is 0 Å². The number of hydrogen-bond donors (Lipinski definition) is 0. The summed E-state index contributed by atoms with van der Waals surface area (Å²) in [7, 11) is 0. The van der Waals surface area contributed by atoms with Crippen molar-refractivity contribution in [1.82, 2.24) is 9.88 Å². The predicted molar refractivity (Wildman–Crippen MR) is 69.2 cm³/mol. The van der Waals surface area contributed by atoms with Crippen molar-refractivity contribution in [3.8, 4) is 6.07 Å². The third kappa shape index (κ3) is 4.97. The van der Waals surface area contributed by atoms with Crippen molar-refractivity contribution >= 4 is 0 Å². The van der Waals surface area contributed by atoms with Crippen molar-refractivity contribution in [2.45, 2.75) is 33.7 Å². The SMILES string of the molecule is CCN(CCC(C)(C)C#N)Cc1ccccn1. The second kappa shape index (κ2) is 6.36. The van der Waals surface area contributed by atoms with Gasteiger partial charge in [0.25, 0.3) is 0 Å². The van der Waals surface area contributed by atoms with E-state index in [0.717, 1.165) is 31.7 Å². The minimum atomic E-state index is -0.239. The van der Waals surface area contributed by atoms with E-state index >= 15 is 0 Å². The lowest BCUT2D eigenvalue weighted by Gasteiger charge is -2.23. The fraction of sp³-hybridized carbons (Fsp3) is 0.571. The quantitative estimate of drug-likeness (QED) is 0.755. The first-order chi connectivity index (χ1) is 8.07. The molecular weight excluding hydrogens is 210 g/mol. The van der Waals surface area contributed by atoms with Crippen LogP contribution in [0, 0.1) is 16.7 Å². The normalized spacial score (nSPS) is 11.5. The summed E-state index contributed by atoms with van der Waals surface area (Å²) in [5.74, 6) is 0. The van der Waals surface area contributed by atoms with Crippen molar-refractivity contribution in [3.63, 3.8) is 0 Å². The van der Waals surface area contributed by atoms with Crippen LogP contribution in [-0.4, -0.2) is 23.0 Å². The summed E-state index contributed by atoms with van der Waals surface area (Å²) in [6.07, 6.45) is 2.71. The highest BCUT2D eigenvalue weighted by Gasteiger charge is 2.17. The highest BCUT2D eigenvalue weighted by Crippen LogP contribution is 2.19. The highest BCUT2D eigenvalue weighted by atomic mass is 15.1. The Balaban J connectivity index is 2.48. The molecule has 0 saturated carbocycles. The van der Waals surface area contributed by atoms with Gasteiger partial charge in [0.1, 0.15) is 0 Å². The summed E-state index contributed by atoms with van der Waals surface area (Å²) in [4.78, 5) is 6.65. The van der Waals surface area contributed by atoms with Crippen LogP contribution in [-0.2, 0) is 6.54 Å². The van der Waals surface area contributed by atoms with Crippen molar-refractivity contribution in [1.29, 1.82) is 5.26 Å². The predicted octanol–water partition coefficient (Wildman–Crippen LogP) is 2.84. The summed E-state index contributed by atoms with van der Waals surface area (Å²) in [6, 6.07) is 8.32. The zero-order valence-electron chi connectivity index (χ0n) is 11.0. The molecule has 1 rings (SSSR count). The lowest BCUT2D eigenvalue weighted by molar-refractivity contribution is 0.243. The molecule has 1 aromatic rings. The minimum Gasteiger partial charge on any atom is -0.298 e. The Kier molecular flexibility index (Phi) is 5.11. The molecule has 1 aromatic heterocycles. The monoisotopic (exact) mass is 231 g/mol. The molecule has 0 N–H and O–H groups in total. The first kappa shape index (κ1) is 13.7. The lowest BCUT2D eigenvalue weighted by atomic mass is 9.91. The molecule has 92 valence electrons. The van der Waals surface area contributed by atoms with E-state index in [1.165, 1.54) is 0 Å². The molecule has 0 bridgehead atoms. The van der Waals surface area contributed by atoms with E-state index in [2.05, 4.69) is 22.9 Å². The third-order valence-electron chi connectivity index (χ3n) is 2.91. The zero-order valence-corrected chi connectivity index (χ0v) is 11.0. The molecule has 17 heavy (non-hydrogen) atoms. The first-order valence-corrected chi connectivity index (χ1v) is 6.11. The van der Waals surface area contributed by atoms with Gasteiger partial charge in [-0.3, -0.25) is 9.88 Å². The molecule has 0 aliphatic rings. The van der Waals surface area contributed by atoms with E-state index in [0.29, 0.717) is 0 Å². The Bertz CT molecular complexity index is 365. The maximum atomic E-state index is 8.99. The third-order valence-corrected chi connectivity index (χ3v) is 2.91. The molecule has 0 amide bonds. The van der Waals surface area contributed by atoms with E-state index in [1.807, 2.05) is 38.2 Å². The second-order valence-corrected chi connectivity index (χ2v) is 4.94. The smallest absolute Gasteiger partial charge is 0.0684 e. The lowest BCUT2D eigenvalue weighted by Crippen LogP contribution is -2.27. The Morgan fingerprint density at radius 1 is 1.41 bits per heavy atom. The Morgan fingerprint density at radius 3 is 2.71 bits per heavy atom. The standard InChI is InChI=1S/C14H21N3/c1-4-17(10-8-14(2,3)12-15)11-13-7-5-6-9-16-13/h5-7,9H,4,8,10-11H2,1-3H3. The van der Waals surface area contributed by atoms with Gasteiger partial charge >= 0.3 is 0 Å². The molecule has 1 heterocycles. The van der Waals surface area contributed by atoms with Crippen LogP contribution in [0.1, 0.15) is 32.9 Å². The van der Waals surface area contributed by atoms with Crippen LogP contribution in [0.15, 0.2) is 24.4 Å². The maximum absolute atomic E-state index is 8.99. The molecular formula is C14H21N3. The summed E-state index contributed by atoms with van der Waals surface area (Å²) in [5.41, 5.74) is 0.849. The number of rotatable bonds is 6. The van der Waals surface area contributed by atoms with Crippen molar-refractivity contribution < 1.29 is 0 Å². The topological polar surface area (TPSA) is 39.9 Å². The summed E-state index contributed by atoms with van der Waals surface area (Å²) in [6.45, 7) is 8.90. The van der Waals surface area contributed by atoms with Gasteiger partial charge < -0.3 is 0 Å². The Morgan fingerprint density at radius 2 is 2.18 bits per heavy atom. The van der Waals surface area contributed by atoms with Gasteiger partial charge in [-0.2, -0.15) is 5.26 Å². The van der Waals surface area contributed by atoms with E-state index < -0.39 is 0 Å². The highest BCUT2D eigenvalue weighted by molar-refractivity contribution is 5.03. The van der Waals surface area contributed by atoms with E-state index in [4.69, 9.17) is 5.26 Å². The molecule has 0 aromatic carbocycles. The van der Waals surface area contributed by atoms with Crippen LogP contribution in [0.2, 0.25) is 0 Å². The van der Waals surface area contributed by atoms with Gasteiger partial charge in [-0.25, -0.2) is 0 Å². The van der Waals surface area contributed by atoms with Crippen molar-refractivity contribution in [3.05, 3.63) is 30.1 Å². The molecule has 3 heteroatoms. The van der Waals surface area contributed by atoms with Crippen LogP contribution in [0.25, 0.3) is 0 Å². The number of nitriles is 1. The minimum absolute atomic E-state index is 0.239. The molecule has 0 spiro atoms. The average molecular weight is 231 g/mol. The molecule has 0 unspecified atom stereocenters. The van der Waals surface area contributed by atoms with Crippen LogP contribution < -0.4 is 0 Å². The van der Waals surface area contributed by atoms with Gasteiger partial charge in [0.2, 0.25) is 0 Å². The van der Waals surface area contributed by atoms with Crippen molar-refractivity contribution in [2.24, 2.45) is 5.41 Å². The average Bonchev–Trinajstić information content (AvgIpc) is 2.35. The number of pyridine rings is 1. The van der Waals surface area contributed by atoms with Crippen LogP contribution in [0.3, 0.4) is 0 Å². The summed E-state index contributed by atoms with van der Waals surface area (Å²) >= 11 is 0. The van der Waals surface area contributed by atoms with Crippen LogP contribution in [0.5, 0.6) is 0 Å². The molecule has 0 radical (unpaired) electrons. The molecule has 3 nitrogen and oxygen atoms in total. The first-order valence-electron chi connectivity index (χ1n) is 6.11. The number of nitrogens with zero attached hydrogens (tertiary/aromatic N) is 3. The van der Waals surface area contributed by atoms with Gasteiger partial charge in [-0.05, 0) is 38.9 Å². The van der Waals surface area contributed by atoms with Gasteiger partial charge in [-0.15, -0.1) is 0 Å². The molecule has 0 fully saturated rings. The maximum Gasteiger partial charge on any atom is 0.0684 e. The van der Waals surface area contributed by atoms with Gasteiger partial charge in [0.15, 0.2) is 0 Å². The van der Waals surface area contributed by atoms with Gasteiger partial charge in [0.05, 0.1) is 17.2 Å². The second-order valence-electron chi connectivity index (χ2n) is 4.94. The summed E-state index contributed by atoms with van der Waals surface area (Å²) in [5, 5.41) is 8.99. The van der Waals surface area contributed by atoms with E-state index in [1.54, 1.807) is 0 Å². The molecule has 0 saturated heterocycles. The number of aromatic nitrogens is 1. The Labute approximate surface area is 104 Å². The fourth-order valence-corrected chi connectivity index (χ4v) is 1.56. The molecule has 0 atom stereocenters. The van der Waals surface area contributed by atoms with E-state index in [9.17, 15) is 0 Å².